The van der Waals surface area contributed by atoms with Gasteiger partial charge in [-0.1, -0.05) is 18.2 Å². The van der Waals surface area contributed by atoms with Gasteiger partial charge in [0.05, 0.1) is 17.2 Å². The van der Waals surface area contributed by atoms with Crippen LogP contribution in [0.4, 0.5) is 18.9 Å². The van der Waals surface area contributed by atoms with E-state index in [1.54, 1.807) is 17.0 Å². The molecule has 1 atom stereocenters. The minimum Gasteiger partial charge on any atom is -0.371 e. The van der Waals surface area contributed by atoms with Crippen molar-refractivity contribution >= 4 is 17.5 Å². The number of fused-ring (bicyclic) bond motifs is 1. The standard InChI is InChI=1S/C31H33F3N4O2/c1-19-16-24(17-20(2)35-19)38-14-12-23(13-15-38)37(3)30(40)22-9-8-21-10-11-28(26(21)18-22)36-29(39)25-6-4-5-7-27(25)31(32,33)34/h4-9,16-18,23,28H,10-15H2,1-3H3,(H,36,39). The summed E-state index contributed by atoms with van der Waals surface area (Å²) < 4.78 is 40.3. The van der Waals surface area contributed by atoms with Crippen LogP contribution < -0.4 is 10.2 Å². The highest BCUT2D eigenvalue weighted by molar-refractivity contribution is 5.97. The third kappa shape index (κ3) is 5.69. The highest BCUT2D eigenvalue weighted by Crippen LogP contribution is 2.35. The Balaban J connectivity index is 1.26. The molecule has 1 unspecified atom stereocenters. The Kier molecular flexibility index (Phi) is 7.57. The Labute approximate surface area is 232 Å². The van der Waals surface area contributed by atoms with Crippen LogP contribution in [0, 0.1) is 13.8 Å². The van der Waals surface area contributed by atoms with E-state index in [2.05, 4.69) is 27.3 Å². The molecule has 1 N–H and O–H groups in total. The van der Waals surface area contributed by atoms with Gasteiger partial charge in [-0.2, -0.15) is 13.2 Å². The van der Waals surface area contributed by atoms with E-state index in [-0.39, 0.29) is 11.9 Å². The SMILES string of the molecule is Cc1cc(N2CCC(N(C)C(=O)c3ccc4c(c3)C(NC(=O)c3ccccc3C(F)(F)F)CC4)CC2)cc(C)n1. The molecule has 1 fully saturated rings. The highest BCUT2D eigenvalue weighted by Gasteiger charge is 2.36. The number of benzene rings is 2. The average molecular weight is 551 g/mol. The first-order valence-electron chi connectivity index (χ1n) is 13.6. The van der Waals surface area contributed by atoms with Crippen molar-refractivity contribution < 1.29 is 22.8 Å². The second-order valence-corrected chi connectivity index (χ2v) is 10.8. The van der Waals surface area contributed by atoms with Crippen LogP contribution in [0.3, 0.4) is 0 Å². The van der Waals surface area contributed by atoms with Crippen molar-refractivity contribution in [1.82, 2.24) is 15.2 Å². The normalized spacial score (nSPS) is 17.4. The first-order chi connectivity index (χ1) is 19.0. The minimum absolute atomic E-state index is 0.0930. The van der Waals surface area contributed by atoms with Gasteiger partial charge in [0.1, 0.15) is 0 Å². The molecular weight excluding hydrogens is 517 g/mol. The third-order valence-electron chi connectivity index (χ3n) is 8.02. The molecule has 5 rings (SSSR count). The van der Waals surface area contributed by atoms with E-state index in [1.165, 1.54) is 18.2 Å². The molecular formula is C31H33F3N4O2. The number of alkyl halides is 3. The second-order valence-electron chi connectivity index (χ2n) is 10.8. The lowest BCUT2D eigenvalue weighted by Gasteiger charge is -2.38. The van der Waals surface area contributed by atoms with Gasteiger partial charge in [-0.15, -0.1) is 0 Å². The number of pyridine rings is 1. The summed E-state index contributed by atoms with van der Waals surface area (Å²) in [6, 6.07) is 14.1. The average Bonchev–Trinajstić information content (AvgIpc) is 3.33. The number of carbonyl (C=O) groups excluding carboxylic acids is 2. The van der Waals surface area contributed by atoms with Gasteiger partial charge < -0.3 is 15.1 Å². The Bertz CT molecular complexity index is 1410. The molecule has 2 aliphatic rings. The molecule has 6 nitrogen and oxygen atoms in total. The Morgan fingerprint density at radius 1 is 0.975 bits per heavy atom. The van der Waals surface area contributed by atoms with Crippen LogP contribution >= 0.6 is 0 Å². The van der Waals surface area contributed by atoms with Gasteiger partial charge in [0, 0.05) is 48.8 Å². The number of aromatic nitrogens is 1. The van der Waals surface area contributed by atoms with E-state index < -0.39 is 29.3 Å². The van der Waals surface area contributed by atoms with Gasteiger partial charge in [-0.25, -0.2) is 0 Å². The third-order valence-corrected chi connectivity index (χ3v) is 8.02. The first-order valence-corrected chi connectivity index (χ1v) is 13.6. The first kappa shape index (κ1) is 27.7. The van der Waals surface area contributed by atoms with Crippen molar-refractivity contribution in [3.63, 3.8) is 0 Å². The molecule has 9 heteroatoms. The van der Waals surface area contributed by atoms with Gasteiger partial charge in [0.15, 0.2) is 0 Å². The van der Waals surface area contributed by atoms with Crippen LogP contribution in [0.1, 0.15) is 74.1 Å². The lowest BCUT2D eigenvalue weighted by molar-refractivity contribution is -0.137. The summed E-state index contributed by atoms with van der Waals surface area (Å²) in [5.41, 5.74) is 4.05. The number of piperidine rings is 1. The second kappa shape index (κ2) is 10.9. The van der Waals surface area contributed by atoms with Crippen molar-refractivity contribution in [3.8, 4) is 0 Å². The molecule has 3 aromatic rings. The lowest BCUT2D eigenvalue weighted by atomic mass is 9.99. The maximum atomic E-state index is 13.5. The summed E-state index contributed by atoms with van der Waals surface area (Å²) in [5.74, 6) is -0.873. The summed E-state index contributed by atoms with van der Waals surface area (Å²) in [4.78, 5) is 34.9. The number of amides is 2. The van der Waals surface area contributed by atoms with Crippen molar-refractivity contribution in [2.24, 2.45) is 0 Å². The van der Waals surface area contributed by atoms with E-state index in [0.29, 0.717) is 18.4 Å². The number of hydrogen-bond donors (Lipinski definition) is 1. The summed E-state index contributed by atoms with van der Waals surface area (Å²) in [7, 11) is 1.82. The topological polar surface area (TPSA) is 65.5 Å². The van der Waals surface area contributed by atoms with Crippen LogP contribution in [0.15, 0.2) is 54.6 Å². The van der Waals surface area contributed by atoms with Crippen molar-refractivity contribution in [2.45, 2.75) is 57.8 Å². The molecule has 210 valence electrons. The number of nitrogens with zero attached hydrogens (tertiary/aromatic N) is 3. The van der Waals surface area contributed by atoms with E-state index in [0.717, 1.165) is 60.2 Å². The van der Waals surface area contributed by atoms with E-state index >= 15 is 0 Å². The molecule has 1 aliphatic heterocycles. The predicted molar refractivity (Wildman–Crippen MR) is 147 cm³/mol. The summed E-state index contributed by atoms with van der Waals surface area (Å²) in [6.45, 7) is 5.65. The van der Waals surface area contributed by atoms with Crippen LogP contribution in [0.2, 0.25) is 0 Å². The van der Waals surface area contributed by atoms with E-state index in [1.807, 2.05) is 27.0 Å². The van der Waals surface area contributed by atoms with Gasteiger partial charge >= 0.3 is 6.18 Å². The molecule has 1 saturated heterocycles. The zero-order valence-corrected chi connectivity index (χ0v) is 22.9. The number of nitrogens with one attached hydrogen (secondary N) is 1. The number of carbonyl (C=O) groups is 2. The minimum atomic E-state index is -4.63. The van der Waals surface area contributed by atoms with Gasteiger partial charge in [-0.05, 0) is 87.1 Å². The number of aryl methyl sites for hydroxylation is 3. The van der Waals surface area contributed by atoms with Gasteiger partial charge in [0.25, 0.3) is 11.8 Å². The monoisotopic (exact) mass is 550 g/mol. The zero-order chi connectivity index (χ0) is 28.6. The molecule has 2 aromatic carbocycles. The molecule has 0 saturated carbocycles. The summed E-state index contributed by atoms with van der Waals surface area (Å²) in [6.07, 6.45) is -1.71. The maximum Gasteiger partial charge on any atom is 0.417 e. The fourth-order valence-corrected chi connectivity index (χ4v) is 5.93. The predicted octanol–water partition coefficient (Wildman–Crippen LogP) is 5.88. The molecule has 2 amide bonds. The lowest BCUT2D eigenvalue weighted by Crippen LogP contribution is -2.45. The van der Waals surface area contributed by atoms with Gasteiger partial charge in [0.2, 0.25) is 0 Å². The fourth-order valence-electron chi connectivity index (χ4n) is 5.93. The molecule has 0 bridgehead atoms. The van der Waals surface area contributed by atoms with Crippen LogP contribution in [-0.4, -0.2) is 47.9 Å². The summed E-state index contributed by atoms with van der Waals surface area (Å²) in [5, 5.41) is 2.78. The molecule has 2 heterocycles. The zero-order valence-electron chi connectivity index (χ0n) is 22.9. The van der Waals surface area contributed by atoms with Gasteiger partial charge in [-0.3, -0.25) is 14.6 Å². The number of halogens is 3. The maximum absolute atomic E-state index is 13.5. The van der Waals surface area contributed by atoms with Crippen LogP contribution in [0.5, 0.6) is 0 Å². The Morgan fingerprint density at radius 2 is 1.65 bits per heavy atom. The summed E-state index contributed by atoms with van der Waals surface area (Å²) >= 11 is 0. The molecule has 1 aromatic heterocycles. The van der Waals surface area contributed by atoms with Crippen LogP contribution in [-0.2, 0) is 12.6 Å². The quantitative estimate of drug-likeness (QED) is 0.431. The molecule has 0 radical (unpaired) electrons. The Morgan fingerprint density at radius 3 is 2.33 bits per heavy atom. The molecule has 40 heavy (non-hydrogen) atoms. The largest absolute Gasteiger partial charge is 0.417 e. The number of rotatable bonds is 5. The molecule has 0 spiro atoms. The Hall–Kier alpha value is -3.88. The van der Waals surface area contributed by atoms with Crippen LogP contribution in [0.25, 0.3) is 0 Å². The number of hydrogen-bond acceptors (Lipinski definition) is 4. The van der Waals surface area contributed by atoms with Crippen molar-refractivity contribution in [1.29, 1.82) is 0 Å². The fraction of sp³-hybridized carbons (Fsp3) is 0.387. The number of anilines is 1. The highest BCUT2D eigenvalue weighted by atomic mass is 19.4. The van der Waals surface area contributed by atoms with E-state index in [4.69, 9.17) is 0 Å². The van der Waals surface area contributed by atoms with Crippen molar-refractivity contribution in [3.05, 3.63) is 93.8 Å². The van der Waals surface area contributed by atoms with E-state index in [9.17, 15) is 22.8 Å². The smallest absolute Gasteiger partial charge is 0.371 e. The molecule has 1 aliphatic carbocycles. The van der Waals surface area contributed by atoms with Crippen molar-refractivity contribution in [2.75, 3.05) is 25.0 Å².